The normalized spacial score (nSPS) is 11.6. The Morgan fingerprint density at radius 3 is 2.38 bits per heavy atom. The standard InChI is InChI=1S/C27H24Br2N4O3S/c1-19-15-21(20(2)33(19)26-14-7-6-13-25(26)29)17-30-31-27(34)18-32(23-10-8-9-22(28)16-23)37(35,36)24-11-4-3-5-12-24/h3-17H,18H2,1-2H3,(H,31,34)/b30-17-. The van der Waals surface area contributed by atoms with E-state index in [1.165, 1.54) is 12.1 Å². The summed E-state index contributed by atoms with van der Waals surface area (Å²) in [6.45, 7) is 3.52. The molecule has 0 radical (unpaired) electrons. The van der Waals surface area contributed by atoms with Gasteiger partial charge in [-0.3, -0.25) is 9.10 Å². The van der Waals surface area contributed by atoms with Gasteiger partial charge in [-0.05, 0) is 78.3 Å². The quantitative estimate of drug-likeness (QED) is 0.190. The van der Waals surface area contributed by atoms with E-state index in [0.717, 1.165) is 31.4 Å². The molecule has 1 amide bonds. The number of amides is 1. The molecule has 0 spiro atoms. The predicted octanol–water partition coefficient (Wildman–Crippen LogP) is 5.96. The highest BCUT2D eigenvalue weighted by molar-refractivity contribution is 9.10. The first kappa shape index (κ1) is 26.8. The molecule has 0 fully saturated rings. The minimum atomic E-state index is -3.99. The lowest BCUT2D eigenvalue weighted by molar-refractivity contribution is -0.119. The maximum Gasteiger partial charge on any atom is 0.264 e. The molecule has 1 N–H and O–H groups in total. The Morgan fingerprint density at radius 2 is 1.68 bits per heavy atom. The number of halogens is 2. The molecule has 0 aliphatic carbocycles. The van der Waals surface area contributed by atoms with Crippen molar-refractivity contribution in [1.29, 1.82) is 0 Å². The molecule has 3 aromatic carbocycles. The number of para-hydroxylation sites is 1. The number of benzene rings is 3. The van der Waals surface area contributed by atoms with Gasteiger partial charge in [0, 0.05) is 25.9 Å². The minimum Gasteiger partial charge on any atom is -0.317 e. The number of hydrogen-bond acceptors (Lipinski definition) is 4. The van der Waals surface area contributed by atoms with Crippen LogP contribution in [-0.2, 0) is 14.8 Å². The van der Waals surface area contributed by atoms with Crippen molar-refractivity contribution in [3.63, 3.8) is 0 Å². The average Bonchev–Trinajstić information content (AvgIpc) is 3.16. The van der Waals surface area contributed by atoms with Crippen molar-refractivity contribution < 1.29 is 13.2 Å². The third kappa shape index (κ3) is 6.03. The molecule has 10 heteroatoms. The summed E-state index contributed by atoms with van der Waals surface area (Å²) < 4.78 is 31.6. The third-order valence-electron chi connectivity index (χ3n) is 5.67. The van der Waals surface area contributed by atoms with E-state index in [1.807, 2.05) is 44.2 Å². The molecule has 0 saturated carbocycles. The maximum absolute atomic E-state index is 13.4. The maximum atomic E-state index is 13.4. The summed E-state index contributed by atoms with van der Waals surface area (Å²) in [7, 11) is -3.99. The van der Waals surface area contributed by atoms with Gasteiger partial charge in [0.2, 0.25) is 0 Å². The Morgan fingerprint density at radius 1 is 0.973 bits per heavy atom. The lowest BCUT2D eigenvalue weighted by Gasteiger charge is -2.23. The van der Waals surface area contributed by atoms with Crippen molar-refractivity contribution in [2.45, 2.75) is 18.7 Å². The van der Waals surface area contributed by atoms with Gasteiger partial charge in [0.1, 0.15) is 6.54 Å². The molecular weight excluding hydrogens is 620 g/mol. The van der Waals surface area contributed by atoms with Crippen LogP contribution in [0.15, 0.2) is 104 Å². The number of nitrogens with zero attached hydrogens (tertiary/aromatic N) is 3. The molecule has 1 heterocycles. The number of rotatable bonds is 8. The number of carbonyl (C=O) groups excluding carboxylic acids is 1. The molecule has 0 bridgehead atoms. The first-order valence-electron chi connectivity index (χ1n) is 11.3. The Hall–Kier alpha value is -3.21. The molecule has 4 aromatic rings. The SMILES string of the molecule is Cc1cc(/C=N\NC(=O)CN(c2cccc(Br)c2)S(=O)(=O)c2ccccc2)c(C)n1-c1ccccc1Br. The monoisotopic (exact) mass is 642 g/mol. The Bertz CT molecular complexity index is 1570. The van der Waals surface area contributed by atoms with Crippen molar-refractivity contribution in [1.82, 2.24) is 9.99 Å². The van der Waals surface area contributed by atoms with Crippen molar-refractivity contribution in [2.24, 2.45) is 5.10 Å². The summed E-state index contributed by atoms with van der Waals surface area (Å²) in [6, 6.07) is 24.7. The van der Waals surface area contributed by atoms with Crippen molar-refractivity contribution in [2.75, 3.05) is 10.8 Å². The summed E-state index contributed by atoms with van der Waals surface area (Å²) >= 11 is 6.97. The number of aromatic nitrogens is 1. The Labute approximate surface area is 233 Å². The van der Waals surface area contributed by atoms with E-state index >= 15 is 0 Å². The first-order chi connectivity index (χ1) is 17.7. The summed E-state index contributed by atoms with van der Waals surface area (Å²) in [6.07, 6.45) is 1.56. The van der Waals surface area contributed by atoms with E-state index in [4.69, 9.17) is 0 Å². The van der Waals surface area contributed by atoms with Crippen LogP contribution in [0.4, 0.5) is 5.69 Å². The number of aryl methyl sites for hydroxylation is 1. The number of carbonyl (C=O) groups is 1. The van der Waals surface area contributed by atoms with E-state index in [1.54, 1.807) is 48.7 Å². The lowest BCUT2D eigenvalue weighted by Crippen LogP contribution is -2.39. The van der Waals surface area contributed by atoms with Gasteiger partial charge >= 0.3 is 0 Å². The fourth-order valence-corrected chi connectivity index (χ4v) is 6.21. The highest BCUT2D eigenvalue weighted by Crippen LogP contribution is 2.27. The molecule has 0 aliphatic rings. The molecule has 0 saturated heterocycles. The van der Waals surface area contributed by atoms with Crippen LogP contribution in [0.2, 0.25) is 0 Å². The minimum absolute atomic E-state index is 0.0887. The topological polar surface area (TPSA) is 83.8 Å². The predicted molar refractivity (Wildman–Crippen MR) is 154 cm³/mol. The van der Waals surface area contributed by atoms with Crippen molar-refractivity contribution in [3.05, 3.63) is 111 Å². The van der Waals surface area contributed by atoms with Crippen LogP contribution in [0.3, 0.4) is 0 Å². The van der Waals surface area contributed by atoms with Gasteiger partial charge in [0.25, 0.3) is 15.9 Å². The van der Waals surface area contributed by atoms with E-state index in [-0.39, 0.29) is 4.90 Å². The van der Waals surface area contributed by atoms with E-state index in [0.29, 0.717) is 10.2 Å². The van der Waals surface area contributed by atoms with Crippen LogP contribution in [0.25, 0.3) is 5.69 Å². The fraction of sp³-hybridized carbons (Fsp3) is 0.111. The first-order valence-corrected chi connectivity index (χ1v) is 14.3. The van der Waals surface area contributed by atoms with Gasteiger partial charge < -0.3 is 4.57 Å². The molecule has 0 unspecified atom stereocenters. The summed E-state index contributed by atoms with van der Waals surface area (Å²) in [5, 5.41) is 4.11. The number of hydrogen-bond donors (Lipinski definition) is 1. The molecule has 7 nitrogen and oxygen atoms in total. The zero-order valence-electron chi connectivity index (χ0n) is 20.1. The Balaban J connectivity index is 1.55. The number of sulfonamides is 1. The van der Waals surface area contributed by atoms with Crippen molar-refractivity contribution >= 4 is 59.7 Å². The summed E-state index contributed by atoms with van der Waals surface area (Å²) in [5.41, 5.74) is 6.61. The fourth-order valence-electron chi connectivity index (χ4n) is 3.93. The molecule has 0 aliphatic heterocycles. The average molecular weight is 644 g/mol. The molecule has 37 heavy (non-hydrogen) atoms. The van der Waals surface area contributed by atoms with E-state index in [2.05, 4.69) is 47.0 Å². The van der Waals surface area contributed by atoms with Crippen LogP contribution in [-0.4, -0.2) is 31.7 Å². The molecule has 0 atom stereocenters. The smallest absolute Gasteiger partial charge is 0.264 e. The van der Waals surface area contributed by atoms with Gasteiger partial charge in [0.05, 0.1) is 22.5 Å². The van der Waals surface area contributed by atoms with Gasteiger partial charge in [-0.2, -0.15) is 5.10 Å². The van der Waals surface area contributed by atoms with Crippen LogP contribution in [0.5, 0.6) is 0 Å². The van der Waals surface area contributed by atoms with E-state index in [9.17, 15) is 13.2 Å². The number of nitrogens with one attached hydrogen (secondary N) is 1. The second-order valence-corrected chi connectivity index (χ2v) is 11.8. The Kier molecular flexibility index (Phi) is 8.31. The van der Waals surface area contributed by atoms with Gasteiger partial charge in [0.15, 0.2) is 0 Å². The summed E-state index contributed by atoms with van der Waals surface area (Å²) in [5.74, 6) is -0.574. The largest absolute Gasteiger partial charge is 0.317 e. The van der Waals surface area contributed by atoms with E-state index < -0.39 is 22.5 Å². The molecular formula is C27H24Br2N4O3S. The van der Waals surface area contributed by atoms with Crippen molar-refractivity contribution in [3.8, 4) is 5.69 Å². The highest BCUT2D eigenvalue weighted by atomic mass is 79.9. The molecule has 1 aromatic heterocycles. The van der Waals surface area contributed by atoms with Gasteiger partial charge in [-0.1, -0.05) is 52.3 Å². The lowest BCUT2D eigenvalue weighted by atomic mass is 10.2. The van der Waals surface area contributed by atoms with Gasteiger partial charge in [-0.25, -0.2) is 13.8 Å². The van der Waals surface area contributed by atoms with Crippen LogP contribution >= 0.6 is 31.9 Å². The van der Waals surface area contributed by atoms with Crippen LogP contribution in [0.1, 0.15) is 17.0 Å². The van der Waals surface area contributed by atoms with Gasteiger partial charge in [-0.15, -0.1) is 0 Å². The second kappa shape index (κ2) is 11.5. The molecule has 4 rings (SSSR count). The highest BCUT2D eigenvalue weighted by Gasteiger charge is 2.27. The summed E-state index contributed by atoms with van der Waals surface area (Å²) in [4.78, 5) is 12.9. The van der Waals surface area contributed by atoms with Crippen LogP contribution in [0, 0.1) is 13.8 Å². The second-order valence-electron chi connectivity index (χ2n) is 8.21. The van der Waals surface area contributed by atoms with Crippen LogP contribution < -0.4 is 9.73 Å². The third-order valence-corrected chi connectivity index (χ3v) is 8.62. The molecule has 190 valence electrons. The number of hydrazone groups is 1. The number of anilines is 1. The zero-order chi connectivity index (χ0) is 26.6. The zero-order valence-corrected chi connectivity index (χ0v) is 24.1.